The molecule has 4 rings (SSSR count). The molecular formula is C24H31N3O5. The van der Waals surface area contributed by atoms with Gasteiger partial charge in [0.15, 0.2) is 0 Å². The maximum atomic E-state index is 13.1. The maximum absolute atomic E-state index is 13.1. The number of piperidine rings is 2. The average molecular weight is 442 g/mol. The first kappa shape index (κ1) is 22.3. The van der Waals surface area contributed by atoms with Crippen molar-refractivity contribution in [3.05, 3.63) is 29.8 Å². The Morgan fingerprint density at radius 3 is 2.16 bits per heavy atom. The summed E-state index contributed by atoms with van der Waals surface area (Å²) in [6, 6.07) is 7.74. The van der Waals surface area contributed by atoms with E-state index < -0.39 is 11.9 Å². The minimum atomic E-state index is -0.839. The van der Waals surface area contributed by atoms with E-state index in [0.29, 0.717) is 51.9 Å². The lowest BCUT2D eigenvalue weighted by Crippen LogP contribution is -2.49. The van der Waals surface area contributed by atoms with Gasteiger partial charge in [-0.2, -0.15) is 0 Å². The van der Waals surface area contributed by atoms with Crippen LogP contribution < -0.4 is 4.90 Å². The predicted molar refractivity (Wildman–Crippen MR) is 118 cm³/mol. The highest BCUT2D eigenvalue weighted by atomic mass is 16.4. The minimum absolute atomic E-state index is 0.0113. The van der Waals surface area contributed by atoms with Crippen molar-refractivity contribution in [3.63, 3.8) is 0 Å². The first-order chi connectivity index (χ1) is 15.3. The molecule has 3 aliphatic heterocycles. The zero-order valence-electron chi connectivity index (χ0n) is 18.5. The van der Waals surface area contributed by atoms with Gasteiger partial charge < -0.3 is 19.8 Å². The van der Waals surface area contributed by atoms with Crippen LogP contribution in [-0.4, -0.2) is 71.3 Å². The molecule has 2 atom stereocenters. The summed E-state index contributed by atoms with van der Waals surface area (Å²) in [5.74, 6) is -1.86. The highest BCUT2D eigenvalue weighted by Crippen LogP contribution is 2.29. The smallest absolute Gasteiger partial charge is 0.308 e. The molecule has 32 heavy (non-hydrogen) atoms. The second-order valence-electron chi connectivity index (χ2n) is 9.30. The molecule has 0 spiro atoms. The van der Waals surface area contributed by atoms with Crippen LogP contribution in [-0.2, 0) is 19.2 Å². The lowest BCUT2D eigenvalue weighted by molar-refractivity contribution is -0.148. The molecule has 3 fully saturated rings. The van der Waals surface area contributed by atoms with E-state index in [1.54, 1.807) is 14.7 Å². The van der Waals surface area contributed by atoms with Crippen molar-refractivity contribution < 1.29 is 24.3 Å². The predicted octanol–water partition coefficient (Wildman–Crippen LogP) is 1.91. The molecule has 1 aromatic rings. The Morgan fingerprint density at radius 1 is 0.844 bits per heavy atom. The number of amides is 3. The van der Waals surface area contributed by atoms with E-state index in [1.165, 1.54) is 0 Å². The largest absolute Gasteiger partial charge is 0.481 e. The number of carboxylic acids is 1. The van der Waals surface area contributed by atoms with Gasteiger partial charge in [0.1, 0.15) is 0 Å². The summed E-state index contributed by atoms with van der Waals surface area (Å²) < 4.78 is 0. The number of carbonyl (C=O) groups is 4. The van der Waals surface area contributed by atoms with E-state index in [4.69, 9.17) is 0 Å². The quantitative estimate of drug-likeness (QED) is 0.770. The van der Waals surface area contributed by atoms with Crippen LogP contribution in [0.15, 0.2) is 24.3 Å². The molecule has 0 bridgehead atoms. The highest BCUT2D eigenvalue weighted by Gasteiger charge is 2.39. The van der Waals surface area contributed by atoms with Crippen molar-refractivity contribution in [1.29, 1.82) is 0 Å². The lowest BCUT2D eigenvalue weighted by atomic mass is 9.91. The number of carbonyl (C=O) groups excluding carboxylic acids is 3. The molecular weight excluding hydrogens is 410 g/mol. The summed E-state index contributed by atoms with van der Waals surface area (Å²) in [7, 11) is 0. The first-order valence-corrected chi connectivity index (χ1v) is 11.5. The summed E-state index contributed by atoms with van der Waals surface area (Å²) in [5, 5.41) is 9.26. The van der Waals surface area contributed by atoms with Crippen LogP contribution >= 0.6 is 0 Å². The fourth-order valence-electron chi connectivity index (χ4n) is 5.09. The molecule has 8 nitrogen and oxygen atoms in total. The van der Waals surface area contributed by atoms with Gasteiger partial charge in [-0.15, -0.1) is 0 Å². The summed E-state index contributed by atoms with van der Waals surface area (Å²) >= 11 is 0. The molecule has 2 unspecified atom stereocenters. The molecule has 0 saturated carbocycles. The van der Waals surface area contributed by atoms with Crippen LogP contribution in [0.5, 0.6) is 0 Å². The summed E-state index contributed by atoms with van der Waals surface area (Å²) in [6.07, 6.45) is 2.72. The number of hydrogen-bond donors (Lipinski definition) is 1. The SMILES string of the molecule is Cc1ccc(N2CC(C(=O)N3CCC(C(=O)N4CCCC(C(=O)O)C4)CC3)CC2=O)cc1. The number of anilines is 1. The number of carboxylic acid groups (broad SMARTS) is 1. The summed E-state index contributed by atoms with van der Waals surface area (Å²) in [4.78, 5) is 54.9. The number of rotatable bonds is 4. The van der Waals surface area contributed by atoms with Crippen molar-refractivity contribution in [2.24, 2.45) is 17.8 Å². The molecule has 1 N–H and O–H groups in total. The van der Waals surface area contributed by atoms with E-state index >= 15 is 0 Å². The Kier molecular flexibility index (Phi) is 6.48. The highest BCUT2D eigenvalue weighted by molar-refractivity contribution is 6.00. The average Bonchev–Trinajstić information content (AvgIpc) is 3.20. The van der Waals surface area contributed by atoms with Crippen LogP contribution in [0.3, 0.4) is 0 Å². The molecule has 1 aromatic carbocycles. The molecule has 0 radical (unpaired) electrons. The lowest BCUT2D eigenvalue weighted by Gasteiger charge is -2.37. The monoisotopic (exact) mass is 441 g/mol. The van der Waals surface area contributed by atoms with Gasteiger partial charge in [0.25, 0.3) is 0 Å². The summed E-state index contributed by atoms with van der Waals surface area (Å²) in [5.41, 5.74) is 1.94. The Hall–Kier alpha value is -2.90. The fraction of sp³-hybridized carbons (Fsp3) is 0.583. The Bertz CT molecular complexity index is 891. The number of nitrogens with zero attached hydrogens (tertiary/aromatic N) is 3. The molecule has 172 valence electrons. The van der Waals surface area contributed by atoms with E-state index in [9.17, 15) is 24.3 Å². The second-order valence-corrected chi connectivity index (χ2v) is 9.30. The van der Waals surface area contributed by atoms with Gasteiger partial charge in [0.2, 0.25) is 17.7 Å². The normalized spacial score (nSPS) is 24.7. The van der Waals surface area contributed by atoms with Crippen LogP contribution in [0.2, 0.25) is 0 Å². The van der Waals surface area contributed by atoms with E-state index in [-0.39, 0.29) is 42.5 Å². The third-order valence-electron chi connectivity index (χ3n) is 7.06. The Balaban J connectivity index is 1.30. The Labute approximate surface area is 188 Å². The van der Waals surface area contributed by atoms with Crippen LogP contribution in [0.1, 0.15) is 37.7 Å². The molecule has 3 heterocycles. The topological polar surface area (TPSA) is 98.2 Å². The number of aliphatic carboxylic acids is 1. The standard InChI is InChI=1S/C24H31N3O5/c1-16-4-6-20(7-5-16)27-15-19(13-21(27)28)23(30)25-11-8-17(9-12-25)22(29)26-10-2-3-18(14-26)24(31)32/h4-7,17-19H,2-3,8-15H2,1H3,(H,31,32). The van der Waals surface area contributed by atoms with Gasteiger partial charge in [-0.3, -0.25) is 19.2 Å². The van der Waals surface area contributed by atoms with Crippen molar-refractivity contribution in [2.75, 3.05) is 37.6 Å². The minimum Gasteiger partial charge on any atom is -0.481 e. The van der Waals surface area contributed by atoms with Crippen LogP contribution in [0.25, 0.3) is 0 Å². The molecule has 3 amide bonds. The zero-order chi connectivity index (χ0) is 22.8. The molecule has 0 aliphatic carbocycles. The van der Waals surface area contributed by atoms with Gasteiger partial charge in [0, 0.05) is 50.7 Å². The van der Waals surface area contributed by atoms with Crippen molar-refractivity contribution in [3.8, 4) is 0 Å². The Morgan fingerprint density at radius 2 is 1.50 bits per heavy atom. The van der Waals surface area contributed by atoms with E-state index in [2.05, 4.69) is 0 Å². The van der Waals surface area contributed by atoms with Crippen molar-refractivity contribution >= 4 is 29.4 Å². The van der Waals surface area contributed by atoms with Gasteiger partial charge in [-0.05, 0) is 44.7 Å². The summed E-state index contributed by atoms with van der Waals surface area (Å²) in [6.45, 7) is 4.28. The molecule has 3 saturated heterocycles. The number of benzene rings is 1. The van der Waals surface area contributed by atoms with E-state index in [0.717, 1.165) is 11.3 Å². The third-order valence-corrected chi connectivity index (χ3v) is 7.06. The van der Waals surface area contributed by atoms with Gasteiger partial charge in [-0.25, -0.2) is 0 Å². The van der Waals surface area contributed by atoms with Gasteiger partial charge >= 0.3 is 5.97 Å². The van der Waals surface area contributed by atoms with Crippen LogP contribution in [0, 0.1) is 24.7 Å². The van der Waals surface area contributed by atoms with Crippen molar-refractivity contribution in [2.45, 2.75) is 39.0 Å². The zero-order valence-corrected chi connectivity index (χ0v) is 18.5. The van der Waals surface area contributed by atoms with Gasteiger partial charge in [-0.1, -0.05) is 17.7 Å². The molecule has 8 heteroatoms. The third kappa shape index (κ3) is 4.64. The molecule has 0 aromatic heterocycles. The number of aryl methyl sites for hydroxylation is 1. The van der Waals surface area contributed by atoms with E-state index in [1.807, 2.05) is 31.2 Å². The van der Waals surface area contributed by atoms with Crippen LogP contribution in [0.4, 0.5) is 5.69 Å². The number of hydrogen-bond acceptors (Lipinski definition) is 4. The van der Waals surface area contributed by atoms with Gasteiger partial charge in [0.05, 0.1) is 11.8 Å². The molecule has 3 aliphatic rings. The fourth-order valence-corrected chi connectivity index (χ4v) is 5.09. The first-order valence-electron chi connectivity index (χ1n) is 11.5. The number of likely N-dealkylation sites (tertiary alicyclic amines) is 2. The second kappa shape index (κ2) is 9.30. The van der Waals surface area contributed by atoms with Crippen molar-refractivity contribution in [1.82, 2.24) is 9.80 Å². The maximum Gasteiger partial charge on any atom is 0.308 e.